The number of aliphatic carboxylic acids is 1. The summed E-state index contributed by atoms with van der Waals surface area (Å²) in [4.78, 5) is 25.3. The van der Waals surface area contributed by atoms with Gasteiger partial charge in [-0.25, -0.2) is 0 Å². The Bertz CT molecular complexity index is 761. The van der Waals surface area contributed by atoms with Gasteiger partial charge in [0.05, 0.1) is 12.0 Å². The van der Waals surface area contributed by atoms with Crippen molar-refractivity contribution in [2.75, 3.05) is 0 Å². The van der Waals surface area contributed by atoms with Crippen molar-refractivity contribution in [3.8, 4) is 0 Å². The Kier molecular flexibility index (Phi) is 2.25. The third-order valence-electron chi connectivity index (χ3n) is 8.76. The lowest BCUT2D eigenvalue weighted by molar-refractivity contribution is -0.166. The molecule has 0 amide bonds. The second-order valence-corrected chi connectivity index (χ2v) is 9.38. The number of esters is 1. The summed E-state index contributed by atoms with van der Waals surface area (Å²) in [5, 5.41) is 21.0. The number of aliphatic hydroxyl groups is 1. The van der Waals surface area contributed by atoms with Gasteiger partial charge in [0.15, 0.2) is 0 Å². The Morgan fingerprint density at radius 2 is 2.12 bits per heavy atom. The van der Waals surface area contributed by atoms with Crippen LogP contribution in [0, 0.1) is 34.5 Å². The first kappa shape index (κ1) is 14.7. The van der Waals surface area contributed by atoms with E-state index in [-0.39, 0.29) is 12.0 Å². The highest BCUT2D eigenvalue weighted by Gasteiger charge is 2.90. The third-order valence-corrected chi connectivity index (χ3v) is 8.76. The lowest BCUT2D eigenvalue weighted by atomic mass is 9.59. The van der Waals surface area contributed by atoms with Crippen LogP contribution in [0.15, 0.2) is 12.2 Å². The molecule has 6 nitrogen and oxygen atoms in total. The van der Waals surface area contributed by atoms with Crippen LogP contribution < -0.4 is 0 Å². The Balaban J connectivity index is 1.63. The summed E-state index contributed by atoms with van der Waals surface area (Å²) in [7, 11) is 0. The van der Waals surface area contributed by atoms with Gasteiger partial charge >= 0.3 is 11.9 Å². The van der Waals surface area contributed by atoms with E-state index in [1.807, 2.05) is 0 Å². The van der Waals surface area contributed by atoms with Crippen LogP contribution in [0.1, 0.15) is 32.6 Å². The fourth-order valence-corrected chi connectivity index (χ4v) is 7.95. The quantitative estimate of drug-likeness (QED) is 0.420. The van der Waals surface area contributed by atoms with E-state index >= 15 is 0 Å². The smallest absolute Gasteiger partial charge is 0.315 e. The Morgan fingerprint density at radius 1 is 1.36 bits per heavy atom. The zero-order valence-electron chi connectivity index (χ0n) is 14.1. The Labute approximate surface area is 145 Å². The predicted molar refractivity (Wildman–Crippen MR) is 83.2 cm³/mol. The van der Waals surface area contributed by atoms with Gasteiger partial charge in [-0.05, 0) is 43.9 Å². The van der Waals surface area contributed by atoms with Crippen molar-refractivity contribution in [2.45, 2.75) is 56.5 Å². The molecule has 6 rings (SSSR count). The number of ether oxygens (including phenoxy) is 2. The van der Waals surface area contributed by atoms with E-state index in [1.54, 1.807) is 6.92 Å². The lowest BCUT2D eigenvalue weighted by Gasteiger charge is -2.43. The first-order valence-corrected chi connectivity index (χ1v) is 9.26. The molecular weight excluding hydrogens is 324 g/mol. The number of carbonyl (C=O) groups is 2. The maximum Gasteiger partial charge on any atom is 0.315 e. The van der Waals surface area contributed by atoms with Crippen molar-refractivity contribution in [2.24, 2.45) is 34.5 Å². The molecule has 0 radical (unpaired) electrons. The second kappa shape index (κ2) is 3.81. The van der Waals surface area contributed by atoms with Crippen molar-refractivity contribution in [1.29, 1.82) is 0 Å². The minimum absolute atomic E-state index is 0.0186. The van der Waals surface area contributed by atoms with Crippen LogP contribution in [0.3, 0.4) is 0 Å². The van der Waals surface area contributed by atoms with E-state index < -0.39 is 52.4 Å². The van der Waals surface area contributed by atoms with Gasteiger partial charge in [-0.1, -0.05) is 12.2 Å². The molecule has 2 saturated heterocycles. The molecule has 0 aromatic rings. The van der Waals surface area contributed by atoms with Crippen LogP contribution >= 0.6 is 0 Å². The molecule has 2 N–H and O–H groups in total. The summed E-state index contributed by atoms with van der Waals surface area (Å²) < 4.78 is 11.8. The highest BCUT2D eigenvalue weighted by atomic mass is 16.7. The van der Waals surface area contributed by atoms with Crippen molar-refractivity contribution in [3.63, 3.8) is 0 Å². The molecule has 6 aliphatic rings. The number of hydrogen-bond acceptors (Lipinski definition) is 5. The molecule has 6 heteroatoms. The van der Waals surface area contributed by atoms with Crippen molar-refractivity contribution >= 4 is 11.9 Å². The highest BCUT2D eigenvalue weighted by molar-refractivity contribution is 5.86. The predicted octanol–water partition coefficient (Wildman–Crippen LogP) is 1.12. The van der Waals surface area contributed by atoms with Gasteiger partial charge in [0.25, 0.3) is 0 Å². The maximum absolute atomic E-state index is 12.8. The molecule has 0 unspecified atom stereocenters. The molecule has 25 heavy (non-hydrogen) atoms. The van der Waals surface area contributed by atoms with E-state index in [4.69, 9.17) is 9.47 Å². The molecule has 2 aliphatic heterocycles. The number of rotatable bonds is 1. The number of hydrogen-bond donors (Lipinski definition) is 2. The van der Waals surface area contributed by atoms with Gasteiger partial charge in [0, 0.05) is 11.8 Å². The molecule has 2 heterocycles. The molecule has 0 aromatic carbocycles. The third kappa shape index (κ3) is 1.22. The van der Waals surface area contributed by atoms with Crippen molar-refractivity contribution in [1.82, 2.24) is 0 Å². The first-order valence-electron chi connectivity index (χ1n) is 9.26. The molecule has 0 aromatic heterocycles. The molecule has 4 saturated carbocycles. The van der Waals surface area contributed by atoms with E-state index in [1.165, 1.54) is 0 Å². The van der Waals surface area contributed by atoms with Gasteiger partial charge in [0.2, 0.25) is 0 Å². The van der Waals surface area contributed by atoms with Gasteiger partial charge in [0.1, 0.15) is 23.2 Å². The first-order chi connectivity index (χ1) is 11.8. The fourth-order valence-electron chi connectivity index (χ4n) is 7.95. The minimum Gasteiger partial charge on any atom is -0.481 e. The summed E-state index contributed by atoms with van der Waals surface area (Å²) in [6.45, 7) is 5.91. The molecule has 134 valence electrons. The number of carboxylic acids is 1. The monoisotopic (exact) mass is 346 g/mol. The van der Waals surface area contributed by atoms with Crippen LogP contribution in [0.4, 0.5) is 0 Å². The zero-order valence-corrected chi connectivity index (χ0v) is 14.1. The molecule has 6 fully saturated rings. The van der Waals surface area contributed by atoms with E-state index in [9.17, 15) is 19.8 Å². The fraction of sp³-hybridized carbons (Fsp3) is 0.789. The van der Waals surface area contributed by atoms with Crippen LogP contribution in [0.2, 0.25) is 0 Å². The number of carboxylic acid groups (broad SMARTS) is 1. The summed E-state index contributed by atoms with van der Waals surface area (Å²) in [6, 6.07) is 0. The molecule has 4 bridgehead atoms. The molecule has 10 atom stereocenters. The van der Waals surface area contributed by atoms with Crippen LogP contribution in [-0.2, 0) is 19.1 Å². The summed E-state index contributed by atoms with van der Waals surface area (Å²) in [5.41, 5.74) is -1.36. The number of carbonyl (C=O) groups excluding carboxylic acids is 1. The number of aliphatic hydroxyl groups excluding tert-OH is 1. The maximum atomic E-state index is 12.8. The van der Waals surface area contributed by atoms with Gasteiger partial charge in [-0.3, -0.25) is 9.59 Å². The van der Waals surface area contributed by atoms with E-state index in [2.05, 4.69) is 6.58 Å². The van der Waals surface area contributed by atoms with E-state index in [0.29, 0.717) is 12.3 Å². The standard InChI is InChI=1S/C19H22O6/c1-7-5-18-6-8(7)3-4-9(18)19-12(10(18)15(21)22)17(2,16(23)25-19)13(20)11-14(19)24-11/h8-14,20H,1,3-6H2,2H3,(H,21,22)/t8-,9-,10-,11+,12-,13+,14+,17+,18+,19-/m1/s1. The van der Waals surface area contributed by atoms with Gasteiger partial charge < -0.3 is 19.7 Å². The minimum atomic E-state index is -1.20. The van der Waals surface area contributed by atoms with Crippen LogP contribution in [0.5, 0.6) is 0 Å². The van der Waals surface area contributed by atoms with E-state index in [0.717, 1.165) is 24.8 Å². The SMILES string of the molecule is C=C1C[C@]23C[C@H]1CC[C@H]2[C@@]12OC(=O)[C@@](C)([C@H]1[C@@H]3C(=O)O)[C@@H](O)[C@@H]1O[C@@H]12. The van der Waals surface area contributed by atoms with Crippen LogP contribution in [0.25, 0.3) is 0 Å². The number of epoxide rings is 1. The van der Waals surface area contributed by atoms with Gasteiger partial charge in [-0.15, -0.1) is 0 Å². The average Bonchev–Trinajstić information content (AvgIpc) is 3.22. The molecule has 1 spiro atoms. The van der Waals surface area contributed by atoms with Crippen molar-refractivity contribution in [3.05, 3.63) is 12.2 Å². The number of allylic oxidation sites excluding steroid dienone is 1. The Morgan fingerprint density at radius 3 is 2.84 bits per heavy atom. The topological polar surface area (TPSA) is 96.4 Å². The zero-order chi connectivity index (χ0) is 17.5. The van der Waals surface area contributed by atoms with Crippen molar-refractivity contribution < 1.29 is 29.3 Å². The normalized spacial score (nSPS) is 62.9. The second-order valence-electron chi connectivity index (χ2n) is 9.38. The largest absolute Gasteiger partial charge is 0.481 e. The Hall–Kier alpha value is -1.40. The molecule has 4 aliphatic carbocycles. The van der Waals surface area contributed by atoms with Gasteiger partial charge in [-0.2, -0.15) is 0 Å². The highest BCUT2D eigenvalue weighted by Crippen LogP contribution is 2.80. The average molecular weight is 346 g/mol. The van der Waals surface area contributed by atoms with Crippen LogP contribution in [-0.4, -0.2) is 46.1 Å². The summed E-state index contributed by atoms with van der Waals surface area (Å²) in [6.07, 6.45) is 1.56. The molecular formula is C19H22O6. The summed E-state index contributed by atoms with van der Waals surface area (Å²) >= 11 is 0. The number of fused-ring (bicyclic) bond motifs is 2. The lowest BCUT2D eigenvalue weighted by Crippen LogP contribution is -2.57. The summed E-state index contributed by atoms with van der Waals surface area (Å²) in [5.74, 6) is -2.19.